The SMILES string of the molecule is CC(C)N(C)CC(=O)N1CCC(NC(=O)c2cnn(C)c2)CC1. The number of aryl methyl sites for hydroxylation is 1. The highest BCUT2D eigenvalue weighted by Crippen LogP contribution is 2.12. The fourth-order valence-electron chi connectivity index (χ4n) is 2.58. The molecule has 1 aliphatic rings. The zero-order valence-electron chi connectivity index (χ0n) is 14.5. The molecule has 1 aromatic heterocycles. The van der Waals surface area contributed by atoms with E-state index in [9.17, 15) is 9.59 Å². The van der Waals surface area contributed by atoms with Crippen LogP contribution in [-0.4, -0.2) is 70.2 Å². The van der Waals surface area contributed by atoms with Crippen LogP contribution in [-0.2, 0) is 11.8 Å². The summed E-state index contributed by atoms with van der Waals surface area (Å²) in [6, 6.07) is 0.477. The van der Waals surface area contributed by atoms with Crippen LogP contribution < -0.4 is 5.32 Å². The van der Waals surface area contributed by atoms with E-state index in [4.69, 9.17) is 0 Å². The number of likely N-dealkylation sites (tertiary alicyclic amines) is 1. The Hall–Kier alpha value is -1.89. The number of nitrogens with zero attached hydrogens (tertiary/aromatic N) is 4. The smallest absolute Gasteiger partial charge is 0.254 e. The molecule has 0 unspecified atom stereocenters. The van der Waals surface area contributed by atoms with Crippen LogP contribution in [0.25, 0.3) is 0 Å². The molecule has 1 saturated heterocycles. The number of carbonyl (C=O) groups excluding carboxylic acids is 2. The van der Waals surface area contributed by atoms with Gasteiger partial charge in [-0.25, -0.2) is 0 Å². The van der Waals surface area contributed by atoms with Gasteiger partial charge in [-0.2, -0.15) is 5.10 Å². The summed E-state index contributed by atoms with van der Waals surface area (Å²) in [5.41, 5.74) is 0.574. The summed E-state index contributed by atoms with van der Waals surface area (Å²) < 4.78 is 1.61. The van der Waals surface area contributed by atoms with Gasteiger partial charge in [0.1, 0.15) is 0 Å². The topological polar surface area (TPSA) is 70.5 Å². The van der Waals surface area contributed by atoms with Crippen molar-refractivity contribution in [3.8, 4) is 0 Å². The fourth-order valence-corrected chi connectivity index (χ4v) is 2.58. The average molecular weight is 321 g/mol. The molecule has 0 aromatic carbocycles. The van der Waals surface area contributed by atoms with Crippen LogP contribution in [0.15, 0.2) is 12.4 Å². The number of rotatable bonds is 5. The third kappa shape index (κ3) is 4.79. The average Bonchev–Trinajstić information content (AvgIpc) is 2.94. The van der Waals surface area contributed by atoms with Crippen LogP contribution in [0, 0.1) is 0 Å². The van der Waals surface area contributed by atoms with Crippen molar-refractivity contribution >= 4 is 11.8 Å². The highest BCUT2D eigenvalue weighted by Gasteiger charge is 2.25. The third-order valence-electron chi connectivity index (χ3n) is 4.42. The lowest BCUT2D eigenvalue weighted by Crippen LogP contribution is -2.49. The Labute approximate surface area is 137 Å². The molecule has 0 spiro atoms. The first kappa shape index (κ1) is 17.5. The van der Waals surface area contributed by atoms with E-state index in [0.717, 1.165) is 12.8 Å². The van der Waals surface area contributed by atoms with Gasteiger partial charge in [0.15, 0.2) is 0 Å². The van der Waals surface area contributed by atoms with Crippen LogP contribution in [0.2, 0.25) is 0 Å². The van der Waals surface area contributed by atoms with Crippen molar-refractivity contribution in [2.24, 2.45) is 7.05 Å². The Morgan fingerprint density at radius 2 is 2.04 bits per heavy atom. The second-order valence-electron chi connectivity index (χ2n) is 6.54. The fraction of sp³-hybridized carbons (Fsp3) is 0.688. The van der Waals surface area contributed by atoms with Crippen LogP contribution in [0.5, 0.6) is 0 Å². The number of hydrogen-bond donors (Lipinski definition) is 1. The zero-order valence-corrected chi connectivity index (χ0v) is 14.5. The quantitative estimate of drug-likeness (QED) is 0.856. The summed E-state index contributed by atoms with van der Waals surface area (Å²) in [6.07, 6.45) is 4.86. The lowest BCUT2D eigenvalue weighted by Gasteiger charge is -2.33. The number of piperidine rings is 1. The number of amides is 2. The second-order valence-corrected chi connectivity index (χ2v) is 6.54. The molecule has 7 heteroatoms. The van der Waals surface area contributed by atoms with Crippen molar-refractivity contribution in [3.05, 3.63) is 18.0 Å². The largest absolute Gasteiger partial charge is 0.349 e. The zero-order chi connectivity index (χ0) is 17.0. The van der Waals surface area contributed by atoms with Gasteiger partial charge in [0.2, 0.25) is 5.91 Å². The molecule has 0 aliphatic carbocycles. The number of likely N-dealkylation sites (N-methyl/N-ethyl adjacent to an activating group) is 1. The van der Waals surface area contributed by atoms with Gasteiger partial charge in [-0.05, 0) is 33.7 Å². The molecule has 1 aromatic rings. The summed E-state index contributed by atoms with van der Waals surface area (Å²) in [5.74, 6) is 0.0700. The molecule has 2 amide bonds. The molecular formula is C16H27N5O2. The van der Waals surface area contributed by atoms with Crippen LogP contribution >= 0.6 is 0 Å². The maximum absolute atomic E-state index is 12.3. The van der Waals surface area contributed by atoms with E-state index >= 15 is 0 Å². The van der Waals surface area contributed by atoms with Gasteiger partial charge >= 0.3 is 0 Å². The van der Waals surface area contributed by atoms with Crippen molar-refractivity contribution in [2.75, 3.05) is 26.7 Å². The highest BCUT2D eigenvalue weighted by atomic mass is 16.2. The lowest BCUT2D eigenvalue weighted by atomic mass is 10.0. The van der Waals surface area contributed by atoms with Crippen LogP contribution in [0.3, 0.4) is 0 Å². The maximum atomic E-state index is 12.3. The molecule has 1 aliphatic heterocycles. The summed E-state index contributed by atoms with van der Waals surface area (Å²) in [6.45, 7) is 6.00. The molecule has 23 heavy (non-hydrogen) atoms. The van der Waals surface area contributed by atoms with E-state index in [2.05, 4.69) is 24.3 Å². The van der Waals surface area contributed by atoms with E-state index in [1.54, 1.807) is 24.1 Å². The van der Waals surface area contributed by atoms with Crippen molar-refractivity contribution in [2.45, 2.75) is 38.8 Å². The molecule has 0 bridgehead atoms. The highest BCUT2D eigenvalue weighted by molar-refractivity contribution is 5.93. The van der Waals surface area contributed by atoms with Crippen LogP contribution in [0.4, 0.5) is 0 Å². The van der Waals surface area contributed by atoms with E-state index in [1.807, 2.05) is 16.8 Å². The van der Waals surface area contributed by atoms with Gasteiger partial charge in [0, 0.05) is 38.4 Å². The normalized spacial score (nSPS) is 16.2. The summed E-state index contributed by atoms with van der Waals surface area (Å²) in [4.78, 5) is 28.3. The van der Waals surface area contributed by atoms with Crippen molar-refractivity contribution in [1.82, 2.24) is 24.9 Å². The molecular weight excluding hydrogens is 294 g/mol. The molecule has 0 atom stereocenters. The van der Waals surface area contributed by atoms with Crippen molar-refractivity contribution in [3.63, 3.8) is 0 Å². The molecule has 7 nitrogen and oxygen atoms in total. The molecule has 1 N–H and O–H groups in total. The Kier molecular flexibility index (Phi) is 5.76. The monoisotopic (exact) mass is 321 g/mol. The van der Waals surface area contributed by atoms with Gasteiger partial charge in [0.25, 0.3) is 5.91 Å². The molecule has 1 fully saturated rings. The van der Waals surface area contributed by atoms with Crippen molar-refractivity contribution in [1.29, 1.82) is 0 Å². The first-order valence-electron chi connectivity index (χ1n) is 8.14. The van der Waals surface area contributed by atoms with Crippen LogP contribution in [0.1, 0.15) is 37.0 Å². The predicted molar refractivity (Wildman–Crippen MR) is 88.0 cm³/mol. The number of aromatic nitrogens is 2. The predicted octanol–water partition coefficient (Wildman–Crippen LogP) is 0.481. The van der Waals surface area contributed by atoms with Gasteiger partial charge in [-0.3, -0.25) is 19.2 Å². The Bertz CT molecular complexity index is 546. The molecule has 2 heterocycles. The third-order valence-corrected chi connectivity index (χ3v) is 4.42. The molecule has 128 valence electrons. The van der Waals surface area contributed by atoms with Gasteiger partial charge in [-0.1, -0.05) is 0 Å². The minimum absolute atomic E-state index is 0.0950. The first-order chi connectivity index (χ1) is 10.9. The van der Waals surface area contributed by atoms with E-state index in [-0.39, 0.29) is 17.9 Å². The summed E-state index contributed by atoms with van der Waals surface area (Å²) in [5, 5.41) is 7.03. The molecule has 0 saturated carbocycles. The Morgan fingerprint density at radius 3 is 2.57 bits per heavy atom. The minimum atomic E-state index is -0.0950. The Balaban J connectivity index is 1.77. The van der Waals surface area contributed by atoms with Gasteiger partial charge < -0.3 is 10.2 Å². The maximum Gasteiger partial charge on any atom is 0.254 e. The number of nitrogens with one attached hydrogen (secondary N) is 1. The molecule has 2 rings (SSSR count). The number of hydrogen-bond acceptors (Lipinski definition) is 4. The first-order valence-corrected chi connectivity index (χ1v) is 8.14. The van der Waals surface area contributed by atoms with E-state index < -0.39 is 0 Å². The lowest BCUT2D eigenvalue weighted by molar-refractivity contribution is -0.133. The number of carbonyl (C=O) groups is 2. The summed E-state index contributed by atoms with van der Waals surface area (Å²) in [7, 11) is 3.75. The molecule has 0 radical (unpaired) electrons. The summed E-state index contributed by atoms with van der Waals surface area (Å²) >= 11 is 0. The minimum Gasteiger partial charge on any atom is -0.349 e. The van der Waals surface area contributed by atoms with E-state index in [0.29, 0.717) is 31.2 Å². The standard InChI is InChI=1S/C16H27N5O2/c1-12(2)19(3)11-15(22)21-7-5-14(6-8-21)18-16(23)13-9-17-20(4)10-13/h9-10,12,14H,5-8,11H2,1-4H3,(H,18,23). The second kappa shape index (κ2) is 7.59. The van der Waals surface area contributed by atoms with Gasteiger partial charge in [-0.15, -0.1) is 0 Å². The van der Waals surface area contributed by atoms with Crippen molar-refractivity contribution < 1.29 is 9.59 Å². The Morgan fingerprint density at radius 1 is 1.39 bits per heavy atom. The van der Waals surface area contributed by atoms with Gasteiger partial charge in [0.05, 0.1) is 18.3 Å². The van der Waals surface area contributed by atoms with E-state index in [1.165, 1.54) is 0 Å².